The topological polar surface area (TPSA) is 18.5 Å². The van der Waals surface area contributed by atoms with Crippen molar-refractivity contribution in [3.63, 3.8) is 0 Å². The molecule has 0 rings (SSSR count). The highest BCUT2D eigenvalue weighted by Gasteiger charge is 2.43. The van der Waals surface area contributed by atoms with Crippen LogP contribution in [0.25, 0.3) is 0 Å². The van der Waals surface area contributed by atoms with Crippen molar-refractivity contribution in [1.82, 2.24) is 0 Å². The highest BCUT2D eigenvalue weighted by molar-refractivity contribution is 6.74. The van der Waals surface area contributed by atoms with Gasteiger partial charge in [-0.1, -0.05) is 46.6 Å². The van der Waals surface area contributed by atoms with Crippen molar-refractivity contribution in [3.8, 4) is 0 Å². The summed E-state index contributed by atoms with van der Waals surface area (Å²) in [5.41, 5.74) is -0.271. The van der Waals surface area contributed by atoms with Crippen LogP contribution in [0.2, 0.25) is 18.1 Å². The second-order valence-corrected chi connectivity index (χ2v) is 11.9. The SMILES string of the molecule is C=C[C@@H](O[Si](C)(C)C(C)(C)C)[C@@](C)(CCCC)OC. The number of ether oxygens (including phenoxy) is 1. The lowest BCUT2D eigenvalue weighted by molar-refractivity contribution is -0.0709. The molecule has 0 spiro atoms. The molecule has 0 aliphatic carbocycles. The van der Waals surface area contributed by atoms with Gasteiger partial charge in [0.05, 0.1) is 11.7 Å². The Morgan fingerprint density at radius 2 is 1.74 bits per heavy atom. The molecule has 3 heteroatoms. The molecule has 0 radical (unpaired) electrons. The molecule has 0 amide bonds. The van der Waals surface area contributed by atoms with Gasteiger partial charge < -0.3 is 9.16 Å². The third-order valence-corrected chi connectivity index (χ3v) is 8.99. The number of rotatable bonds is 8. The molecule has 0 N–H and O–H groups in total. The molecule has 0 fully saturated rings. The maximum absolute atomic E-state index is 6.50. The molecular formula is C16H34O2Si. The van der Waals surface area contributed by atoms with Gasteiger partial charge in [0, 0.05) is 7.11 Å². The van der Waals surface area contributed by atoms with E-state index in [1.807, 2.05) is 6.08 Å². The zero-order valence-corrected chi connectivity index (χ0v) is 15.3. The van der Waals surface area contributed by atoms with Gasteiger partial charge in [-0.05, 0) is 31.5 Å². The van der Waals surface area contributed by atoms with Crippen LogP contribution in [0.5, 0.6) is 0 Å². The lowest BCUT2D eigenvalue weighted by atomic mass is 9.92. The quantitative estimate of drug-likeness (QED) is 0.453. The Morgan fingerprint density at radius 1 is 1.21 bits per heavy atom. The molecule has 0 heterocycles. The molecule has 2 nitrogen and oxygen atoms in total. The van der Waals surface area contributed by atoms with Gasteiger partial charge in [-0.15, -0.1) is 6.58 Å². The molecule has 0 aliphatic rings. The summed E-state index contributed by atoms with van der Waals surface area (Å²) < 4.78 is 12.3. The Balaban J connectivity index is 5.04. The van der Waals surface area contributed by atoms with E-state index in [0.717, 1.165) is 12.8 Å². The Kier molecular flexibility index (Phi) is 7.00. The number of unbranched alkanes of at least 4 members (excludes halogenated alkanes) is 1. The van der Waals surface area contributed by atoms with Crippen molar-refractivity contribution in [3.05, 3.63) is 12.7 Å². The van der Waals surface area contributed by atoms with Crippen molar-refractivity contribution in [2.24, 2.45) is 0 Å². The van der Waals surface area contributed by atoms with Crippen LogP contribution >= 0.6 is 0 Å². The third-order valence-electron chi connectivity index (χ3n) is 4.54. The standard InChI is InChI=1S/C16H34O2Si/c1-10-12-13-16(6,17-7)14(11-2)18-19(8,9)15(3,4)5/h11,14H,2,10,12-13H2,1,3-9H3/t14-,16-/m1/s1. The van der Waals surface area contributed by atoms with Gasteiger partial charge in [-0.2, -0.15) is 0 Å². The zero-order valence-electron chi connectivity index (χ0n) is 14.3. The van der Waals surface area contributed by atoms with Crippen LogP contribution in [-0.2, 0) is 9.16 Å². The summed E-state index contributed by atoms with van der Waals surface area (Å²) in [6, 6.07) is 0. The van der Waals surface area contributed by atoms with E-state index in [9.17, 15) is 0 Å². The van der Waals surface area contributed by atoms with Crippen molar-refractivity contribution in [2.45, 2.75) is 83.7 Å². The number of hydrogen-bond donors (Lipinski definition) is 0. The first-order chi connectivity index (χ1) is 8.54. The summed E-state index contributed by atoms with van der Waals surface area (Å²) in [5, 5.41) is 0.202. The molecule has 114 valence electrons. The number of methoxy groups -OCH3 is 1. The van der Waals surface area contributed by atoms with Crippen molar-refractivity contribution >= 4 is 8.32 Å². The molecule has 0 aromatic heterocycles. The fraction of sp³-hybridized carbons (Fsp3) is 0.875. The van der Waals surface area contributed by atoms with E-state index < -0.39 is 8.32 Å². The second kappa shape index (κ2) is 7.05. The average Bonchev–Trinajstić information content (AvgIpc) is 2.31. The Labute approximate surface area is 121 Å². The van der Waals surface area contributed by atoms with Crippen LogP contribution in [0.3, 0.4) is 0 Å². The maximum Gasteiger partial charge on any atom is 0.193 e. The first-order valence-corrected chi connectivity index (χ1v) is 10.3. The van der Waals surface area contributed by atoms with Crippen molar-refractivity contribution in [1.29, 1.82) is 0 Å². The van der Waals surface area contributed by atoms with Crippen molar-refractivity contribution < 1.29 is 9.16 Å². The minimum atomic E-state index is -1.81. The molecule has 0 saturated carbocycles. The Hall–Kier alpha value is -0.123. The predicted molar refractivity (Wildman–Crippen MR) is 87.2 cm³/mol. The molecule has 19 heavy (non-hydrogen) atoms. The second-order valence-electron chi connectivity index (χ2n) is 7.15. The minimum absolute atomic E-state index is 0.0371. The van der Waals surface area contributed by atoms with Gasteiger partial charge in [0.15, 0.2) is 8.32 Å². The first-order valence-electron chi connectivity index (χ1n) is 7.39. The van der Waals surface area contributed by atoms with E-state index in [-0.39, 0.29) is 16.7 Å². The molecule has 0 saturated heterocycles. The number of hydrogen-bond acceptors (Lipinski definition) is 2. The van der Waals surface area contributed by atoms with Crippen molar-refractivity contribution in [2.75, 3.05) is 7.11 Å². The predicted octanol–water partition coefficient (Wildman–Crippen LogP) is 5.16. The largest absolute Gasteiger partial charge is 0.408 e. The van der Waals surface area contributed by atoms with Crippen LogP contribution in [0.15, 0.2) is 12.7 Å². The smallest absolute Gasteiger partial charge is 0.193 e. The van der Waals surface area contributed by atoms with E-state index >= 15 is 0 Å². The van der Waals surface area contributed by atoms with Gasteiger partial charge in [0.2, 0.25) is 0 Å². The summed E-state index contributed by atoms with van der Waals surface area (Å²) >= 11 is 0. The normalized spacial score (nSPS) is 17.9. The van der Waals surface area contributed by atoms with Crippen LogP contribution < -0.4 is 0 Å². The van der Waals surface area contributed by atoms with Crippen LogP contribution in [0, 0.1) is 0 Å². The Bertz CT molecular complexity index is 281. The first kappa shape index (κ1) is 18.9. The summed E-state index contributed by atoms with van der Waals surface area (Å²) in [7, 11) is -0.0265. The van der Waals surface area contributed by atoms with E-state index in [1.54, 1.807) is 7.11 Å². The lowest BCUT2D eigenvalue weighted by Crippen LogP contribution is -2.51. The fourth-order valence-corrected chi connectivity index (χ4v) is 3.14. The van der Waals surface area contributed by atoms with Crippen LogP contribution in [0.4, 0.5) is 0 Å². The molecule has 0 unspecified atom stereocenters. The zero-order chi connectivity index (χ0) is 15.3. The van der Waals surface area contributed by atoms with Gasteiger partial charge in [-0.3, -0.25) is 0 Å². The van der Waals surface area contributed by atoms with Crippen LogP contribution in [-0.4, -0.2) is 27.1 Å². The summed E-state index contributed by atoms with van der Waals surface area (Å²) in [4.78, 5) is 0. The summed E-state index contributed by atoms with van der Waals surface area (Å²) in [6.45, 7) is 19.6. The molecule has 0 bridgehead atoms. The molecule has 0 aromatic rings. The van der Waals surface area contributed by atoms with E-state index in [1.165, 1.54) is 6.42 Å². The Morgan fingerprint density at radius 3 is 2.05 bits per heavy atom. The summed E-state index contributed by atoms with van der Waals surface area (Å²) in [6.07, 6.45) is 5.20. The van der Waals surface area contributed by atoms with E-state index in [4.69, 9.17) is 9.16 Å². The maximum atomic E-state index is 6.50. The molecule has 0 aromatic carbocycles. The van der Waals surface area contributed by atoms with Gasteiger partial charge in [-0.25, -0.2) is 0 Å². The van der Waals surface area contributed by atoms with Gasteiger partial charge in [0.1, 0.15) is 0 Å². The van der Waals surface area contributed by atoms with E-state index in [2.05, 4.69) is 54.3 Å². The average molecular weight is 287 g/mol. The highest BCUT2D eigenvalue weighted by atomic mass is 28.4. The molecular weight excluding hydrogens is 252 g/mol. The van der Waals surface area contributed by atoms with Crippen LogP contribution in [0.1, 0.15) is 53.9 Å². The van der Waals surface area contributed by atoms with Gasteiger partial charge in [0.25, 0.3) is 0 Å². The summed E-state index contributed by atoms with van der Waals surface area (Å²) in [5.74, 6) is 0. The monoisotopic (exact) mass is 286 g/mol. The fourth-order valence-electron chi connectivity index (χ4n) is 1.80. The third kappa shape index (κ3) is 5.05. The lowest BCUT2D eigenvalue weighted by Gasteiger charge is -2.44. The van der Waals surface area contributed by atoms with Gasteiger partial charge >= 0.3 is 0 Å². The minimum Gasteiger partial charge on any atom is -0.408 e. The molecule has 0 aliphatic heterocycles. The van der Waals surface area contributed by atoms with E-state index in [0.29, 0.717) is 0 Å². The highest BCUT2D eigenvalue weighted by Crippen LogP contribution is 2.39. The molecule has 2 atom stereocenters.